The van der Waals surface area contributed by atoms with E-state index in [9.17, 15) is 13.6 Å². The van der Waals surface area contributed by atoms with Crippen molar-refractivity contribution in [1.29, 1.82) is 0 Å². The number of amides is 1. The Kier molecular flexibility index (Phi) is 3.96. The van der Waals surface area contributed by atoms with Crippen LogP contribution < -0.4 is 5.32 Å². The second-order valence-corrected chi connectivity index (χ2v) is 3.86. The molecule has 1 heterocycles. The van der Waals surface area contributed by atoms with Crippen LogP contribution in [0, 0.1) is 0 Å². The molecule has 0 saturated carbocycles. The number of alkyl halides is 2. The lowest BCUT2D eigenvalue weighted by Crippen LogP contribution is -2.36. The van der Waals surface area contributed by atoms with E-state index in [4.69, 9.17) is 5.11 Å². The van der Waals surface area contributed by atoms with Gasteiger partial charge in [-0.2, -0.15) is 0 Å². The van der Waals surface area contributed by atoms with Crippen molar-refractivity contribution in [3.05, 3.63) is 36.2 Å². The Morgan fingerprint density at radius 2 is 2.00 bits per heavy atom. The summed E-state index contributed by atoms with van der Waals surface area (Å²) in [5, 5.41) is 11.1. The molecule has 7 heteroatoms. The number of hydrogen-bond acceptors (Lipinski definition) is 4. The zero-order valence-electron chi connectivity index (χ0n) is 9.75. The monoisotopic (exact) mass is 267 g/mol. The lowest BCUT2D eigenvalue weighted by molar-refractivity contribution is -0.00272. The minimum atomic E-state index is -2.90. The molecule has 1 atom stereocenters. The van der Waals surface area contributed by atoms with Crippen LogP contribution in [-0.2, 0) is 0 Å². The average molecular weight is 267 g/mol. The fourth-order valence-corrected chi connectivity index (χ4v) is 1.44. The van der Waals surface area contributed by atoms with E-state index in [0.717, 1.165) is 0 Å². The third kappa shape index (κ3) is 3.19. The van der Waals surface area contributed by atoms with E-state index in [-0.39, 0.29) is 5.69 Å². The van der Waals surface area contributed by atoms with Gasteiger partial charge in [-0.15, -0.1) is 0 Å². The van der Waals surface area contributed by atoms with Crippen molar-refractivity contribution >= 4 is 16.9 Å². The van der Waals surface area contributed by atoms with E-state index in [1.165, 1.54) is 6.20 Å². The first kappa shape index (κ1) is 13.3. The highest BCUT2D eigenvalue weighted by Gasteiger charge is 2.18. The fraction of sp³-hybridized carbons (Fsp3) is 0.250. The predicted octanol–water partition coefficient (Wildman–Crippen LogP) is 0.986. The molecule has 0 aliphatic rings. The molecule has 19 heavy (non-hydrogen) atoms. The number of carbonyl (C=O) groups excluding carboxylic acids is 1. The zero-order chi connectivity index (χ0) is 13.8. The lowest BCUT2D eigenvalue weighted by Gasteiger charge is -2.10. The van der Waals surface area contributed by atoms with E-state index in [2.05, 4.69) is 15.3 Å². The van der Waals surface area contributed by atoms with Crippen LogP contribution in [-0.4, -0.2) is 40.1 Å². The minimum Gasteiger partial charge on any atom is -0.385 e. The summed E-state index contributed by atoms with van der Waals surface area (Å²) in [4.78, 5) is 19.7. The van der Waals surface area contributed by atoms with Crippen LogP contribution >= 0.6 is 0 Å². The number of para-hydroxylation sites is 2. The lowest BCUT2D eigenvalue weighted by atomic mass is 10.3. The summed E-state index contributed by atoms with van der Waals surface area (Å²) >= 11 is 0. The molecule has 0 spiro atoms. The van der Waals surface area contributed by atoms with E-state index in [1.807, 2.05) is 0 Å². The van der Waals surface area contributed by atoms with Crippen molar-refractivity contribution in [2.45, 2.75) is 12.5 Å². The van der Waals surface area contributed by atoms with E-state index < -0.39 is 25.0 Å². The van der Waals surface area contributed by atoms with Crippen molar-refractivity contribution in [1.82, 2.24) is 15.3 Å². The van der Waals surface area contributed by atoms with Gasteiger partial charge in [0.25, 0.3) is 12.3 Å². The molecule has 1 amide bonds. The Bertz CT molecular complexity index is 592. The number of rotatable bonds is 4. The molecule has 2 N–H and O–H groups in total. The van der Waals surface area contributed by atoms with Gasteiger partial charge in [0.15, 0.2) is 0 Å². The topological polar surface area (TPSA) is 75.1 Å². The van der Waals surface area contributed by atoms with E-state index in [1.54, 1.807) is 24.3 Å². The number of fused-ring (bicyclic) bond motifs is 1. The summed E-state index contributed by atoms with van der Waals surface area (Å²) in [6.07, 6.45) is -3.53. The van der Waals surface area contributed by atoms with Gasteiger partial charge in [-0.1, -0.05) is 12.1 Å². The molecule has 100 valence electrons. The third-order valence-electron chi connectivity index (χ3n) is 2.44. The molecule has 1 unspecified atom stereocenters. The third-order valence-corrected chi connectivity index (χ3v) is 2.44. The van der Waals surface area contributed by atoms with Crippen LogP contribution in [0.15, 0.2) is 30.5 Å². The summed E-state index contributed by atoms with van der Waals surface area (Å²) in [6.45, 7) is -0.537. The van der Waals surface area contributed by atoms with Gasteiger partial charge in [-0.25, -0.2) is 13.8 Å². The highest BCUT2D eigenvalue weighted by atomic mass is 19.3. The number of nitrogens with zero attached hydrogens (tertiary/aromatic N) is 2. The van der Waals surface area contributed by atoms with E-state index >= 15 is 0 Å². The maximum Gasteiger partial charge on any atom is 0.271 e. The highest BCUT2D eigenvalue weighted by Crippen LogP contribution is 2.08. The smallest absolute Gasteiger partial charge is 0.271 e. The van der Waals surface area contributed by atoms with Gasteiger partial charge in [-0.05, 0) is 12.1 Å². The SMILES string of the molecule is O=C(NCC(O)C(F)F)c1cnc2ccccc2n1. The predicted molar refractivity (Wildman–Crippen MR) is 63.9 cm³/mol. The molecule has 2 rings (SSSR count). The Balaban J connectivity index is 2.09. The Labute approximate surface area is 107 Å². The molecular formula is C12H11F2N3O2. The summed E-state index contributed by atoms with van der Waals surface area (Å²) < 4.78 is 24.1. The summed E-state index contributed by atoms with van der Waals surface area (Å²) in [5.74, 6) is -0.655. The van der Waals surface area contributed by atoms with Crippen molar-refractivity contribution < 1.29 is 18.7 Å². The second kappa shape index (κ2) is 5.66. The molecule has 1 aromatic carbocycles. The van der Waals surface area contributed by atoms with Crippen LogP contribution in [0.1, 0.15) is 10.5 Å². The Morgan fingerprint density at radius 3 is 2.68 bits per heavy atom. The zero-order valence-corrected chi connectivity index (χ0v) is 9.75. The highest BCUT2D eigenvalue weighted by molar-refractivity contribution is 5.93. The van der Waals surface area contributed by atoms with Crippen LogP contribution in [0.3, 0.4) is 0 Å². The quantitative estimate of drug-likeness (QED) is 0.866. The molecule has 0 aliphatic carbocycles. The van der Waals surface area contributed by atoms with Crippen molar-refractivity contribution in [3.8, 4) is 0 Å². The standard InChI is InChI=1S/C12H11F2N3O2/c13-11(14)10(18)6-16-12(19)9-5-15-7-3-1-2-4-8(7)17-9/h1-5,10-11,18H,6H2,(H,16,19). The molecule has 0 fully saturated rings. The maximum absolute atomic E-state index is 12.1. The molecule has 0 radical (unpaired) electrons. The molecule has 0 aliphatic heterocycles. The van der Waals surface area contributed by atoms with Gasteiger partial charge in [0.1, 0.15) is 11.8 Å². The van der Waals surface area contributed by atoms with Gasteiger partial charge in [-0.3, -0.25) is 9.78 Å². The van der Waals surface area contributed by atoms with Gasteiger partial charge in [0.05, 0.1) is 17.2 Å². The Morgan fingerprint density at radius 1 is 1.32 bits per heavy atom. The molecule has 5 nitrogen and oxygen atoms in total. The number of nitrogens with one attached hydrogen (secondary N) is 1. The summed E-state index contributed by atoms with van der Waals surface area (Å²) in [6, 6.07) is 6.96. The second-order valence-electron chi connectivity index (χ2n) is 3.86. The first-order valence-corrected chi connectivity index (χ1v) is 5.54. The molecule has 1 aromatic heterocycles. The number of hydrogen-bond donors (Lipinski definition) is 2. The minimum absolute atomic E-state index is 0.0140. The number of carbonyl (C=O) groups is 1. The number of aromatic nitrogens is 2. The maximum atomic E-state index is 12.1. The number of aliphatic hydroxyl groups is 1. The number of aliphatic hydroxyl groups excluding tert-OH is 1. The van der Waals surface area contributed by atoms with Gasteiger partial charge in [0, 0.05) is 6.54 Å². The van der Waals surface area contributed by atoms with E-state index in [0.29, 0.717) is 11.0 Å². The molecule has 0 bridgehead atoms. The largest absolute Gasteiger partial charge is 0.385 e. The van der Waals surface area contributed by atoms with Gasteiger partial charge >= 0.3 is 0 Å². The number of benzene rings is 1. The Hall–Kier alpha value is -2.15. The van der Waals surface area contributed by atoms with Crippen molar-refractivity contribution in [2.24, 2.45) is 0 Å². The summed E-state index contributed by atoms with van der Waals surface area (Å²) in [7, 11) is 0. The first-order valence-electron chi connectivity index (χ1n) is 5.54. The molecule has 0 saturated heterocycles. The molecule has 2 aromatic rings. The summed E-state index contributed by atoms with van der Waals surface area (Å²) in [5.41, 5.74) is 1.18. The molecular weight excluding hydrogens is 256 g/mol. The van der Waals surface area contributed by atoms with Gasteiger partial charge in [0.2, 0.25) is 0 Å². The number of halogens is 2. The fourth-order valence-electron chi connectivity index (χ4n) is 1.44. The van der Waals surface area contributed by atoms with Crippen molar-refractivity contribution in [2.75, 3.05) is 6.54 Å². The van der Waals surface area contributed by atoms with Gasteiger partial charge < -0.3 is 10.4 Å². The van der Waals surface area contributed by atoms with Crippen LogP contribution in [0.4, 0.5) is 8.78 Å². The van der Waals surface area contributed by atoms with Crippen LogP contribution in [0.25, 0.3) is 11.0 Å². The van der Waals surface area contributed by atoms with Crippen LogP contribution in [0.2, 0.25) is 0 Å². The van der Waals surface area contributed by atoms with Crippen LogP contribution in [0.5, 0.6) is 0 Å². The van der Waals surface area contributed by atoms with Crippen molar-refractivity contribution in [3.63, 3.8) is 0 Å². The normalized spacial score (nSPS) is 12.6. The first-order chi connectivity index (χ1) is 9.08. The average Bonchev–Trinajstić information content (AvgIpc) is 2.43.